The number of piperidine rings is 1. The average molecular weight is 224 g/mol. The summed E-state index contributed by atoms with van der Waals surface area (Å²) < 4.78 is 5.45. The van der Waals surface area contributed by atoms with Gasteiger partial charge in [0.2, 0.25) is 0 Å². The van der Waals surface area contributed by atoms with Crippen LogP contribution in [0, 0.1) is 0 Å². The van der Waals surface area contributed by atoms with E-state index in [1.54, 1.807) is 0 Å². The van der Waals surface area contributed by atoms with Crippen LogP contribution >= 0.6 is 0 Å². The lowest BCUT2D eigenvalue weighted by Gasteiger charge is -2.40. The molecule has 0 spiro atoms. The molecule has 1 atom stereocenters. The molecule has 3 fully saturated rings. The highest BCUT2D eigenvalue weighted by molar-refractivity contribution is 4.89. The highest BCUT2D eigenvalue weighted by Gasteiger charge is 2.30. The number of likely N-dealkylation sites (tertiary alicyclic amines) is 1. The van der Waals surface area contributed by atoms with Gasteiger partial charge in [0.05, 0.1) is 0 Å². The molecule has 3 heteroatoms. The van der Waals surface area contributed by atoms with Crippen LogP contribution in [0.1, 0.15) is 38.5 Å². The molecule has 3 rings (SSSR count). The molecule has 3 nitrogen and oxygen atoms in total. The van der Waals surface area contributed by atoms with Crippen molar-refractivity contribution < 1.29 is 4.74 Å². The minimum atomic E-state index is 0.768. The van der Waals surface area contributed by atoms with Crippen LogP contribution in [0.15, 0.2) is 0 Å². The van der Waals surface area contributed by atoms with Crippen LogP contribution in [-0.4, -0.2) is 49.3 Å². The molecule has 3 aliphatic rings. The van der Waals surface area contributed by atoms with Crippen LogP contribution in [0.2, 0.25) is 0 Å². The van der Waals surface area contributed by atoms with Crippen molar-refractivity contribution in [3.8, 4) is 0 Å². The van der Waals surface area contributed by atoms with Crippen LogP contribution in [0.5, 0.6) is 0 Å². The number of nitrogens with one attached hydrogen (secondary N) is 1. The van der Waals surface area contributed by atoms with Crippen LogP contribution in [0.25, 0.3) is 0 Å². The zero-order chi connectivity index (χ0) is 10.8. The number of ether oxygens (including phenoxy) is 1. The predicted molar refractivity (Wildman–Crippen MR) is 64.6 cm³/mol. The maximum atomic E-state index is 5.45. The summed E-state index contributed by atoms with van der Waals surface area (Å²) in [6, 6.07) is 2.43. The summed E-state index contributed by atoms with van der Waals surface area (Å²) in [6.45, 7) is 4.54. The Labute approximate surface area is 98.5 Å². The molecule has 0 aromatic carbocycles. The third-order valence-corrected chi connectivity index (χ3v) is 4.21. The molecule has 0 radical (unpaired) electrons. The van der Waals surface area contributed by atoms with Crippen molar-refractivity contribution in [2.45, 2.75) is 56.7 Å². The molecule has 2 saturated heterocycles. The second-order valence-electron chi connectivity index (χ2n) is 5.62. The quantitative estimate of drug-likeness (QED) is 0.784. The van der Waals surface area contributed by atoms with Crippen molar-refractivity contribution >= 4 is 0 Å². The zero-order valence-electron chi connectivity index (χ0n) is 10.2. The Kier molecular flexibility index (Phi) is 3.46. The Morgan fingerprint density at radius 3 is 2.50 bits per heavy atom. The monoisotopic (exact) mass is 224 g/mol. The van der Waals surface area contributed by atoms with E-state index in [1.807, 2.05) is 0 Å². The molecule has 1 N–H and O–H groups in total. The molecule has 2 aliphatic heterocycles. The number of rotatable bonds is 3. The maximum Gasteiger partial charge on any atom is 0.0480 e. The lowest BCUT2D eigenvalue weighted by molar-refractivity contribution is 0.0218. The highest BCUT2D eigenvalue weighted by Crippen LogP contribution is 2.24. The van der Waals surface area contributed by atoms with Gasteiger partial charge in [0, 0.05) is 37.9 Å². The summed E-state index contributed by atoms with van der Waals surface area (Å²) in [5, 5.41) is 3.79. The van der Waals surface area contributed by atoms with E-state index in [0.29, 0.717) is 0 Å². The first-order valence-corrected chi connectivity index (χ1v) is 6.99. The number of nitrogens with zero attached hydrogens (tertiary/aromatic N) is 1. The Bertz CT molecular complexity index is 224. The van der Waals surface area contributed by atoms with Crippen LogP contribution in [0.3, 0.4) is 0 Å². The Morgan fingerprint density at radius 1 is 0.938 bits per heavy atom. The van der Waals surface area contributed by atoms with E-state index in [9.17, 15) is 0 Å². The first-order valence-electron chi connectivity index (χ1n) is 6.99. The smallest absolute Gasteiger partial charge is 0.0480 e. The Hall–Kier alpha value is -0.120. The summed E-state index contributed by atoms with van der Waals surface area (Å²) in [6.07, 6.45) is 8.08. The van der Waals surface area contributed by atoms with Crippen molar-refractivity contribution in [3.63, 3.8) is 0 Å². The average Bonchev–Trinajstić information content (AvgIpc) is 3.15. The van der Waals surface area contributed by atoms with Crippen molar-refractivity contribution in [1.29, 1.82) is 0 Å². The Balaban J connectivity index is 1.49. The third kappa shape index (κ3) is 2.76. The molecule has 92 valence electrons. The van der Waals surface area contributed by atoms with E-state index in [4.69, 9.17) is 4.74 Å². The molecule has 0 amide bonds. The van der Waals surface area contributed by atoms with Crippen LogP contribution < -0.4 is 5.32 Å². The van der Waals surface area contributed by atoms with E-state index in [1.165, 1.54) is 51.6 Å². The van der Waals surface area contributed by atoms with Gasteiger partial charge in [-0.3, -0.25) is 4.90 Å². The maximum absolute atomic E-state index is 5.45. The standard InChI is InChI=1S/C13H24N2O/c1-2-12(14-11-3-4-11)10-15(7-1)13-5-8-16-9-6-13/h11-14H,1-10H2. The minimum Gasteiger partial charge on any atom is -0.381 e. The van der Waals surface area contributed by atoms with Crippen molar-refractivity contribution in [3.05, 3.63) is 0 Å². The van der Waals surface area contributed by atoms with E-state index < -0.39 is 0 Å². The summed E-state index contributed by atoms with van der Waals surface area (Å²) in [7, 11) is 0. The second kappa shape index (κ2) is 5.03. The fourth-order valence-electron chi connectivity index (χ4n) is 3.11. The summed E-state index contributed by atoms with van der Waals surface area (Å²) >= 11 is 0. The molecular weight excluding hydrogens is 200 g/mol. The van der Waals surface area contributed by atoms with E-state index in [-0.39, 0.29) is 0 Å². The van der Waals surface area contributed by atoms with Crippen molar-refractivity contribution in [1.82, 2.24) is 10.2 Å². The topological polar surface area (TPSA) is 24.5 Å². The molecule has 0 aromatic rings. The van der Waals surface area contributed by atoms with Crippen molar-refractivity contribution in [2.24, 2.45) is 0 Å². The van der Waals surface area contributed by atoms with E-state index in [0.717, 1.165) is 31.3 Å². The minimum absolute atomic E-state index is 0.768. The number of hydrogen-bond acceptors (Lipinski definition) is 3. The lowest BCUT2D eigenvalue weighted by atomic mass is 10.00. The number of hydrogen-bond donors (Lipinski definition) is 1. The van der Waals surface area contributed by atoms with Gasteiger partial charge in [0.1, 0.15) is 0 Å². The molecule has 0 bridgehead atoms. The first kappa shape index (κ1) is 11.0. The molecule has 2 heterocycles. The van der Waals surface area contributed by atoms with Crippen molar-refractivity contribution in [2.75, 3.05) is 26.3 Å². The molecule has 16 heavy (non-hydrogen) atoms. The summed E-state index contributed by atoms with van der Waals surface area (Å²) in [5.41, 5.74) is 0. The van der Waals surface area contributed by atoms with Gasteiger partial charge in [0.25, 0.3) is 0 Å². The SMILES string of the molecule is C1CC(NC2CC2)CN(C2CCOCC2)C1. The van der Waals surface area contributed by atoms with Gasteiger partial charge < -0.3 is 10.1 Å². The fourth-order valence-corrected chi connectivity index (χ4v) is 3.11. The van der Waals surface area contributed by atoms with Gasteiger partial charge >= 0.3 is 0 Å². The first-order chi connectivity index (χ1) is 7.92. The van der Waals surface area contributed by atoms with Gasteiger partial charge in [-0.2, -0.15) is 0 Å². The highest BCUT2D eigenvalue weighted by atomic mass is 16.5. The normalized spacial score (nSPS) is 34.1. The van der Waals surface area contributed by atoms with E-state index in [2.05, 4.69) is 10.2 Å². The molecule has 1 saturated carbocycles. The van der Waals surface area contributed by atoms with Gasteiger partial charge in [-0.15, -0.1) is 0 Å². The van der Waals surface area contributed by atoms with Gasteiger partial charge in [0.15, 0.2) is 0 Å². The summed E-state index contributed by atoms with van der Waals surface area (Å²) in [4.78, 5) is 2.71. The fraction of sp³-hybridized carbons (Fsp3) is 1.00. The molecule has 0 aromatic heterocycles. The molecule has 1 aliphatic carbocycles. The molecule has 1 unspecified atom stereocenters. The zero-order valence-corrected chi connectivity index (χ0v) is 10.2. The summed E-state index contributed by atoms with van der Waals surface area (Å²) in [5.74, 6) is 0. The van der Waals surface area contributed by atoms with Gasteiger partial charge in [-0.25, -0.2) is 0 Å². The second-order valence-corrected chi connectivity index (χ2v) is 5.62. The largest absolute Gasteiger partial charge is 0.381 e. The lowest BCUT2D eigenvalue weighted by Crippen LogP contribution is -2.51. The predicted octanol–water partition coefficient (Wildman–Crippen LogP) is 1.38. The Morgan fingerprint density at radius 2 is 1.75 bits per heavy atom. The van der Waals surface area contributed by atoms with Gasteiger partial charge in [-0.1, -0.05) is 0 Å². The van der Waals surface area contributed by atoms with Crippen LogP contribution in [0.4, 0.5) is 0 Å². The third-order valence-electron chi connectivity index (χ3n) is 4.21. The van der Waals surface area contributed by atoms with Crippen LogP contribution in [-0.2, 0) is 4.74 Å². The van der Waals surface area contributed by atoms with E-state index >= 15 is 0 Å². The molecular formula is C13H24N2O. The van der Waals surface area contributed by atoms with Gasteiger partial charge in [-0.05, 0) is 45.1 Å².